The van der Waals surface area contributed by atoms with Crippen molar-refractivity contribution in [3.63, 3.8) is 0 Å². The van der Waals surface area contributed by atoms with Crippen LogP contribution in [0.2, 0.25) is 0 Å². The number of aromatic amines is 1. The van der Waals surface area contributed by atoms with E-state index in [9.17, 15) is 4.79 Å². The van der Waals surface area contributed by atoms with Gasteiger partial charge in [0, 0.05) is 28.7 Å². The van der Waals surface area contributed by atoms with Crippen molar-refractivity contribution in [2.45, 2.75) is 13.8 Å². The van der Waals surface area contributed by atoms with Crippen molar-refractivity contribution >= 4 is 16.5 Å². The van der Waals surface area contributed by atoms with Crippen LogP contribution in [0.1, 0.15) is 13.8 Å². The lowest BCUT2D eigenvalue weighted by atomic mass is 10.1. The van der Waals surface area contributed by atoms with Gasteiger partial charge in [0.1, 0.15) is 0 Å². The zero-order chi connectivity index (χ0) is 10.6. The van der Waals surface area contributed by atoms with Crippen LogP contribution in [-0.4, -0.2) is 4.98 Å². The van der Waals surface area contributed by atoms with Gasteiger partial charge in [0.15, 0.2) is 0 Å². The second-order valence-electron chi connectivity index (χ2n) is 2.65. The van der Waals surface area contributed by atoms with Gasteiger partial charge < -0.3 is 10.7 Å². The van der Waals surface area contributed by atoms with Crippen LogP contribution >= 0.6 is 0 Å². The Morgan fingerprint density at radius 1 is 1.29 bits per heavy atom. The quantitative estimate of drug-likeness (QED) is 0.625. The topological polar surface area (TPSA) is 58.9 Å². The second-order valence-corrected chi connectivity index (χ2v) is 2.65. The van der Waals surface area contributed by atoms with E-state index in [0.717, 1.165) is 10.8 Å². The Bertz CT molecular complexity index is 474. The van der Waals surface area contributed by atoms with Crippen LogP contribution in [0, 0.1) is 0 Å². The summed E-state index contributed by atoms with van der Waals surface area (Å²) in [5, 5.41) is 1.76. The maximum atomic E-state index is 10.9. The highest BCUT2D eigenvalue weighted by molar-refractivity contribution is 5.91. The van der Waals surface area contributed by atoms with E-state index in [1.165, 1.54) is 6.07 Å². The number of nitrogens with one attached hydrogen (secondary N) is 1. The number of anilines is 1. The molecule has 1 aromatic heterocycles. The molecular weight excluding hydrogens is 176 g/mol. The predicted octanol–water partition coefficient (Wildman–Crippen LogP) is 2.14. The molecule has 0 aliphatic rings. The average Bonchev–Trinajstić information content (AvgIpc) is 2.22. The van der Waals surface area contributed by atoms with Gasteiger partial charge in [0.2, 0.25) is 5.56 Å². The monoisotopic (exact) mass is 190 g/mol. The zero-order valence-electron chi connectivity index (χ0n) is 8.37. The molecule has 74 valence electrons. The van der Waals surface area contributed by atoms with Gasteiger partial charge in [-0.05, 0) is 6.07 Å². The highest BCUT2D eigenvalue weighted by Crippen LogP contribution is 2.16. The number of H-pyrrole nitrogens is 1. The van der Waals surface area contributed by atoms with E-state index in [-0.39, 0.29) is 5.56 Å². The average molecular weight is 190 g/mol. The predicted molar refractivity (Wildman–Crippen MR) is 60.3 cm³/mol. The van der Waals surface area contributed by atoms with Crippen LogP contribution < -0.4 is 11.3 Å². The SMILES string of the molecule is CC.Nc1cccc2c[nH]c(=O)cc12. The van der Waals surface area contributed by atoms with Crippen LogP contribution in [0.4, 0.5) is 5.69 Å². The third kappa shape index (κ3) is 1.93. The number of pyridine rings is 1. The summed E-state index contributed by atoms with van der Waals surface area (Å²) in [6, 6.07) is 7.05. The Hall–Kier alpha value is -1.77. The number of aromatic nitrogens is 1. The summed E-state index contributed by atoms with van der Waals surface area (Å²) in [4.78, 5) is 13.5. The smallest absolute Gasteiger partial charge is 0.248 e. The molecule has 0 radical (unpaired) electrons. The number of nitrogens with two attached hydrogens (primary N) is 1. The number of nitrogen functional groups attached to an aromatic ring is 1. The fraction of sp³-hybridized carbons (Fsp3) is 0.182. The Labute approximate surface area is 82.6 Å². The van der Waals surface area contributed by atoms with Crippen molar-refractivity contribution in [2.24, 2.45) is 0 Å². The summed E-state index contributed by atoms with van der Waals surface area (Å²) >= 11 is 0. The van der Waals surface area contributed by atoms with Gasteiger partial charge >= 0.3 is 0 Å². The van der Waals surface area contributed by atoms with Crippen molar-refractivity contribution in [2.75, 3.05) is 5.73 Å². The van der Waals surface area contributed by atoms with E-state index < -0.39 is 0 Å². The number of hydrogen-bond acceptors (Lipinski definition) is 2. The fourth-order valence-corrected chi connectivity index (χ4v) is 1.22. The van der Waals surface area contributed by atoms with E-state index in [1.807, 2.05) is 26.0 Å². The van der Waals surface area contributed by atoms with Gasteiger partial charge in [0.05, 0.1) is 0 Å². The van der Waals surface area contributed by atoms with Crippen LogP contribution in [0.3, 0.4) is 0 Å². The first-order valence-corrected chi connectivity index (χ1v) is 4.64. The number of benzene rings is 1. The van der Waals surface area contributed by atoms with E-state index in [4.69, 9.17) is 5.73 Å². The van der Waals surface area contributed by atoms with Crippen molar-refractivity contribution < 1.29 is 0 Å². The van der Waals surface area contributed by atoms with Crippen molar-refractivity contribution in [1.29, 1.82) is 0 Å². The number of hydrogen-bond donors (Lipinski definition) is 2. The summed E-state index contributed by atoms with van der Waals surface area (Å²) in [5.74, 6) is 0. The molecule has 0 aliphatic heterocycles. The lowest BCUT2D eigenvalue weighted by Gasteiger charge is -1.98. The van der Waals surface area contributed by atoms with E-state index in [2.05, 4.69) is 4.98 Å². The Balaban J connectivity index is 0.000000461. The van der Waals surface area contributed by atoms with E-state index in [1.54, 1.807) is 12.3 Å². The maximum Gasteiger partial charge on any atom is 0.248 e. The largest absolute Gasteiger partial charge is 0.398 e. The third-order valence-electron chi connectivity index (χ3n) is 1.82. The minimum Gasteiger partial charge on any atom is -0.398 e. The molecule has 3 N–H and O–H groups in total. The normalized spacial score (nSPS) is 9.29. The van der Waals surface area contributed by atoms with Gasteiger partial charge in [0.25, 0.3) is 0 Å². The Morgan fingerprint density at radius 2 is 2.00 bits per heavy atom. The minimum atomic E-state index is -0.125. The molecule has 0 fully saturated rings. The molecule has 3 heteroatoms. The maximum absolute atomic E-state index is 10.9. The van der Waals surface area contributed by atoms with E-state index >= 15 is 0 Å². The van der Waals surface area contributed by atoms with Gasteiger partial charge in [-0.2, -0.15) is 0 Å². The summed E-state index contributed by atoms with van der Waals surface area (Å²) in [7, 11) is 0. The third-order valence-corrected chi connectivity index (χ3v) is 1.82. The van der Waals surface area contributed by atoms with Crippen LogP contribution in [-0.2, 0) is 0 Å². The first kappa shape index (κ1) is 10.3. The molecule has 0 aliphatic carbocycles. The molecule has 0 spiro atoms. The summed E-state index contributed by atoms with van der Waals surface area (Å²) in [5.41, 5.74) is 6.19. The second kappa shape index (κ2) is 4.46. The van der Waals surface area contributed by atoms with Gasteiger partial charge in [-0.25, -0.2) is 0 Å². The summed E-state index contributed by atoms with van der Waals surface area (Å²) in [6.45, 7) is 4.00. The van der Waals surface area contributed by atoms with Crippen molar-refractivity contribution in [3.05, 3.63) is 40.8 Å². The van der Waals surface area contributed by atoms with Crippen LogP contribution in [0.5, 0.6) is 0 Å². The van der Waals surface area contributed by atoms with Crippen LogP contribution in [0.25, 0.3) is 10.8 Å². The molecule has 2 aromatic rings. The molecule has 0 saturated carbocycles. The summed E-state index contributed by atoms with van der Waals surface area (Å²) in [6.07, 6.45) is 1.66. The summed E-state index contributed by atoms with van der Waals surface area (Å²) < 4.78 is 0. The van der Waals surface area contributed by atoms with Crippen molar-refractivity contribution in [3.8, 4) is 0 Å². The number of rotatable bonds is 0. The number of fused-ring (bicyclic) bond motifs is 1. The van der Waals surface area contributed by atoms with E-state index in [0.29, 0.717) is 5.69 Å². The molecule has 0 atom stereocenters. The van der Waals surface area contributed by atoms with Gasteiger partial charge in [-0.1, -0.05) is 26.0 Å². The molecule has 0 amide bonds. The Kier molecular flexibility index (Phi) is 3.29. The van der Waals surface area contributed by atoms with Gasteiger partial charge in [-0.3, -0.25) is 4.79 Å². The molecule has 14 heavy (non-hydrogen) atoms. The lowest BCUT2D eigenvalue weighted by molar-refractivity contribution is 1.27. The highest BCUT2D eigenvalue weighted by atomic mass is 16.1. The lowest BCUT2D eigenvalue weighted by Crippen LogP contribution is -2.02. The minimum absolute atomic E-state index is 0.125. The first-order valence-electron chi connectivity index (χ1n) is 4.64. The molecule has 0 bridgehead atoms. The van der Waals surface area contributed by atoms with Gasteiger partial charge in [-0.15, -0.1) is 0 Å². The van der Waals surface area contributed by atoms with Crippen LogP contribution in [0.15, 0.2) is 35.3 Å². The standard InChI is InChI=1S/C9H8N2O.C2H6/c10-8-3-1-2-6-5-11-9(12)4-7(6)8;1-2/h1-5H,10H2,(H,11,12);1-2H3. The molecule has 1 aromatic carbocycles. The van der Waals surface area contributed by atoms with Crippen molar-refractivity contribution in [1.82, 2.24) is 4.98 Å². The molecule has 0 saturated heterocycles. The first-order chi connectivity index (χ1) is 6.77. The molecule has 3 nitrogen and oxygen atoms in total. The fourth-order valence-electron chi connectivity index (χ4n) is 1.22. The molecule has 2 rings (SSSR count). The highest BCUT2D eigenvalue weighted by Gasteiger charge is 1.96. The molecular formula is C11H14N2O. The Morgan fingerprint density at radius 3 is 2.71 bits per heavy atom. The molecule has 1 heterocycles. The zero-order valence-corrected chi connectivity index (χ0v) is 8.37. The molecule has 0 unspecified atom stereocenters.